The summed E-state index contributed by atoms with van der Waals surface area (Å²) in [6.07, 6.45) is 1.78. The molecule has 0 aliphatic carbocycles. The first-order chi connectivity index (χ1) is 11.8. The summed E-state index contributed by atoms with van der Waals surface area (Å²) in [4.78, 5) is 18.0. The van der Waals surface area contributed by atoms with Crippen LogP contribution >= 0.6 is 23.1 Å². The molecule has 0 N–H and O–H groups in total. The van der Waals surface area contributed by atoms with Gasteiger partial charge in [-0.25, -0.2) is 0 Å². The molecule has 1 aliphatic rings. The van der Waals surface area contributed by atoms with Crippen molar-refractivity contribution in [1.82, 2.24) is 13.6 Å². The number of hydrogen-bond donors (Lipinski definition) is 0. The fraction of sp³-hybridized carbons (Fsp3) is 0.235. The normalized spacial score (nSPS) is 14.8. The number of anilines is 1. The van der Waals surface area contributed by atoms with Crippen molar-refractivity contribution in [1.29, 1.82) is 0 Å². The molecule has 2 aromatic heterocycles. The van der Waals surface area contributed by atoms with Crippen LogP contribution in [0.1, 0.15) is 10.4 Å². The predicted octanol–water partition coefficient (Wildman–Crippen LogP) is 3.23. The van der Waals surface area contributed by atoms with Gasteiger partial charge >= 0.3 is 0 Å². The Labute approximate surface area is 148 Å². The highest BCUT2D eigenvalue weighted by atomic mass is 32.1. The molecule has 4 rings (SSSR count). The maximum atomic E-state index is 12.7. The van der Waals surface area contributed by atoms with Crippen LogP contribution in [0.4, 0.5) is 5.82 Å². The van der Waals surface area contributed by atoms with Crippen molar-refractivity contribution in [2.45, 2.75) is 0 Å². The summed E-state index contributed by atoms with van der Waals surface area (Å²) in [5.41, 5.74) is 1.90. The summed E-state index contributed by atoms with van der Waals surface area (Å²) in [6.45, 7) is 3.01. The lowest BCUT2D eigenvalue weighted by Gasteiger charge is -2.34. The molecule has 0 bridgehead atoms. The minimum atomic E-state index is 0.101. The van der Waals surface area contributed by atoms with Gasteiger partial charge in [0.05, 0.1) is 17.9 Å². The van der Waals surface area contributed by atoms with Gasteiger partial charge in [0.15, 0.2) is 5.82 Å². The summed E-state index contributed by atoms with van der Waals surface area (Å²) in [5.74, 6) is 1.01. The molecular formula is C17H16N4OS2. The van der Waals surface area contributed by atoms with Crippen LogP contribution in [0.2, 0.25) is 0 Å². The Morgan fingerprint density at radius 2 is 1.83 bits per heavy atom. The minimum absolute atomic E-state index is 0.101. The van der Waals surface area contributed by atoms with Gasteiger partial charge in [0, 0.05) is 36.6 Å². The van der Waals surface area contributed by atoms with E-state index in [1.54, 1.807) is 17.5 Å². The van der Waals surface area contributed by atoms with Crippen LogP contribution in [0.25, 0.3) is 10.4 Å². The minimum Gasteiger partial charge on any atom is -0.351 e. The fourth-order valence-electron chi connectivity index (χ4n) is 2.84. The van der Waals surface area contributed by atoms with Gasteiger partial charge in [-0.1, -0.05) is 18.2 Å². The zero-order valence-corrected chi connectivity index (χ0v) is 14.6. The van der Waals surface area contributed by atoms with Crippen LogP contribution in [-0.4, -0.2) is 45.7 Å². The first kappa shape index (κ1) is 15.3. The summed E-state index contributed by atoms with van der Waals surface area (Å²) in [6, 6.07) is 12.0. The molecule has 122 valence electrons. The van der Waals surface area contributed by atoms with E-state index in [0.717, 1.165) is 30.0 Å². The Morgan fingerprint density at radius 1 is 1.04 bits per heavy atom. The lowest BCUT2D eigenvalue weighted by atomic mass is 10.1. The van der Waals surface area contributed by atoms with E-state index < -0.39 is 0 Å². The molecule has 1 saturated heterocycles. The van der Waals surface area contributed by atoms with E-state index >= 15 is 0 Å². The second-order valence-electron chi connectivity index (χ2n) is 5.60. The van der Waals surface area contributed by atoms with Gasteiger partial charge in [-0.3, -0.25) is 4.79 Å². The Bertz CT molecular complexity index is 792. The number of carbonyl (C=O) groups is 1. The lowest BCUT2D eigenvalue weighted by Crippen LogP contribution is -2.48. The smallest absolute Gasteiger partial charge is 0.253 e. The third kappa shape index (κ3) is 3.05. The number of thiophene rings is 1. The molecule has 3 aromatic rings. The maximum absolute atomic E-state index is 12.7. The van der Waals surface area contributed by atoms with E-state index in [-0.39, 0.29) is 5.91 Å². The molecule has 0 spiro atoms. The Hall–Kier alpha value is -2.25. The number of amides is 1. The second-order valence-corrected chi connectivity index (χ2v) is 7.10. The molecule has 1 aliphatic heterocycles. The van der Waals surface area contributed by atoms with E-state index in [2.05, 4.69) is 25.1 Å². The highest BCUT2D eigenvalue weighted by Crippen LogP contribution is 2.25. The first-order valence-electron chi connectivity index (χ1n) is 7.77. The average molecular weight is 356 g/mol. The van der Waals surface area contributed by atoms with E-state index in [0.29, 0.717) is 13.1 Å². The third-order valence-corrected chi connectivity index (χ3v) is 5.57. The molecule has 3 heterocycles. The number of hydrogen-bond acceptors (Lipinski definition) is 6. The third-order valence-electron chi connectivity index (χ3n) is 4.18. The fourth-order valence-corrected chi connectivity index (χ4v) is 4.01. The maximum Gasteiger partial charge on any atom is 0.253 e. The van der Waals surface area contributed by atoms with E-state index in [4.69, 9.17) is 0 Å². The van der Waals surface area contributed by atoms with Gasteiger partial charge in [-0.2, -0.15) is 8.75 Å². The molecule has 0 saturated carbocycles. The van der Waals surface area contributed by atoms with Crippen LogP contribution in [0, 0.1) is 0 Å². The standard InChI is InChI=1S/C17H16N4OS2/c22-17(14-5-3-13(4-6-14)15-2-1-11-23-15)21-9-7-20(8-10-21)16-12-18-24-19-16/h1-6,11-12H,7-10H2. The number of benzene rings is 1. The summed E-state index contributed by atoms with van der Waals surface area (Å²) < 4.78 is 8.29. The molecule has 7 heteroatoms. The van der Waals surface area contributed by atoms with Crippen molar-refractivity contribution >= 4 is 34.8 Å². The highest BCUT2D eigenvalue weighted by Gasteiger charge is 2.23. The van der Waals surface area contributed by atoms with Crippen molar-refractivity contribution in [2.24, 2.45) is 0 Å². The van der Waals surface area contributed by atoms with Gasteiger partial charge in [-0.05, 0) is 29.1 Å². The van der Waals surface area contributed by atoms with Crippen molar-refractivity contribution in [2.75, 3.05) is 31.1 Å². The predicted molar refractivity (Wildman–Crippen MR) is 97.8 cm³/mol. The summed E-state index contributed by atoms with van der Waals surface area (Å²) >= 11 is 2.92. The van der Waals surface area contributed by atoms with Crippen LogP contribution in [0.15, 0.2) is 48.0 Å². The summed E-state index contributed by atoms with van der Waals surface area (Å²) in [7, 11) is 0. The number of carbonyl (C=O) groups excluding carboxylic acids is 1. The number of piperazine rings is 1. The number of rotatable bonds is 3. The van der Waals surface area contributed by atoms with Crippen LogP contribution in [-0.2, 0) is 0 Å². The molecule has 5 nitrogen and oxygen atoms in total. The number of aromatic nitrogens is 2. The molecule has 24 heavy (non-hydrogen) atoms. The lowest BCUT2D eigenvalue weighted by molar-refractivity contribution is 0.0746. The van der Waals surface area contributed by atoms with Gasteiger partial charge in [0.1, 0.15) is 0 Å². The SMILES string of the molecule is O=C(c1ccc(-c2cccs2)cc1)N1CCN(c2cnsn2)CC1. The van der Waals surface area contributed by atoms with E-state index in [9.17, 15) is 4.79 Å². The van der Waals surface area contributed by atoms with Crippen LogP contribution in [0.5, 0.6) is 0 Å². The van der Waals surface area contributed by atoms with E-state index in [1.165, 1.54) is 16.6 Å². The molecule has 0 radical (unpaired) electrons. The van der Waals surface area contributed by atoms with Crippen LogP contribution < -0.4 is 4.90 Å². The Balaban J connectivity index is 1.41. The molecule has 1 aromatic carbocycles. The van der Waals surface area contributed by atoms with Crippen molar-refractivity contribution in [3.8, 4) is 10.4 Å². The second kappa shape index (κ2) is 6.70. The molecule has 0 atom stereocenters. The molecule has 1 fully saturated rings. The topological polar surface area (TPSA) is 49.3 Å². The van der Waals surface area contributed by atoms with E-state index in [1.807, 2.05) is 35.2 Å². The Kier molecular flexibility index (Phi) is 4.27. The van der Waals surface area contributed by atoms with Crippen molar-refractivity contribution in [3.63, 3.8) is 0 Å². The molecule has 0 unspecified atom stereocenters. The van der Waals surface area contributed by atoms with Gasteiger partial charge in [-0.15, -0.1) is 11.3 Å². The monoisotopic (exact) mass is 356 g/mol. The molecule has 1 amide bonds. The number of nitrogens with zero attached hydrogens (tertiary/aromatic N) is 4. The summed E-state index contributed by atoms with van der Waals surface area (Å²) in [5, 5.41) is 2.06. The average Bonchev–Trinajstić information content (AvgIpc) is 3.35. The van der Waals surface area contributed by atoms with Gasteiger partial charge in [0.2, 0.25) is 0 Å². The Morgan fingerprint density at radius 3 is 2.46 bits per heavy atom. The van der Waals surface area contributed by atoms with Gasteiger partial charge < -0.3 is 9.80 Å². The van der Waals surface area contributed by atoms with Crippen LogP contribution in [0.3, 0.4) is 0 Å². The van der Waals surface area contributed by atoms with Crippen molar-refractivity contribution in [3.05, 3.63) is 53.5 Å². The van der Waals surface area contributed by atoms with Crippen molar-refractivity contribution < 1.29 is 4.79 Å². The zero-order valence-electron chi connectivity index (χ0n) is 13.0. The quantitative estimate of drug-likeness (QED) is 0.723. The zero-order chi connectivity index (χ0) is 16.4. The largest absolute Gasteiger partial charge is 0.351 e. The van der Waals surface area contributed by atoms with Gasteiger partial charge in [0.25, 0.3) is 5.91 Å². The first-order valence-corrected chi connectivity index (χ1v) is 9.38. The highest BCUT2D eigenvalue weighted by molar-refractivity contribution is 7.13. The molecular weight excluding hydrogens is 340 g/mol.